The molecular formula is C28H32BrNO6S. The predicted octanol–water partition coefficient (Wildman–Crippen LogP) is 7.29. The van der Waals surface area contributed by atoms with Gasteiger partial charge in [-0.2, -0.15) is 0 Å². The van der Waals surface area contributed by atoms with E-state index in [1.807, 2.05) is 23.6 Å². The minimum Gasteiger partial charge on any atom is -0.493 e. The molecule has 0 saturated carbocycles. The maximum Gasteiger partial charge on any atom is 0.341 e. The molecule has 0 aliphatic heterocycles. The molecule has 2 aromatic carbocycles. The van der Waals surface area contributed by atoms with E-state index in [1.165, 1.54) is 16.9 Å². The summed E-state index contributed by atoms with van der Waals surface area (Å²) in [4.78, 5) is 25.6. The maximum atomic E-state index is 12.8. The first-order valence-corrected chi connectivity index (χ1v) is 13.7. The van der Waals surface area contributed by atoms with Crippen LogP contribution in [0.1, 0.15) is 55.5 Å². The molecule has 0 atom stereocenters. The van der Waals surface area contributed by atoms with Crippen molar-refractivity contribution in [1.29, 1.82) is 0 Å². The number of benzene rings is 2. The molecule has 198 valence electrons. The molecule has 0 radical (unpaired) electrons. The minimum atomic E-state index is -0.498. The fourth-order valence-corrected chi connectivity index (χ4v) is 5.15. The molecule has 1 aromatic heterocycles. The van der Waals surface area contributed by atoms with Crippen molar-refractivity contribution < 1.29 is 28.5 Å². The fraction of sp³-hybridized carbons (Fsp3) is 0.357. The van der Waals surface area contributed by atoms with E-state index in [2.05, 4.69) is 41.2 Å². The molecule has 0 aliphatic carbocycles. The smallest absolute Gasteiger partial charge is 0.341 e. The van der Waals surface area contributed by atoms with E-state index in [1.54, 1.807) is 33.3 Å². The number of methoxy groups -OCH3 is 2. The van der Waals surface area contributed by atoms with Crippen LogP contribution in [0.2, 0.25) is 0 Å². The summed E-state index contributed by atoms with van der Waals surface area (Å²) >= 11 is 4.83. The number of carbonyl (C=O) groups excluding carboxylic acids is 2. The third-order valence-electron chi connectivity index (χ3n) is 5.65. The maximum absolute atomic E-state index is 12.8. The zero-order valence-corrected chi connectivity index (χ0v) is 24.1. The lowest BCUT2D eigenvalue weighted by Crippen LogP contribution is -2.15. The number of rotatable bonds is 12. The van der Waals surface area contributed by atoms with Crippen LogP contribution in [0.25, 0.3) is 11.1 Å². The molecule has 0 unspecified atom stereocenters. The molecule has 0 bridgehead atoms. The summed E-state index contributed by atoms with van der Waals surface area (Å²) in [7, 11) is 3.11. The van der Waals surface area contributed by atoms with Crippen LogP contribution >= 0.6 is 27.3 Å². The van der Waals surface area contributed by atoms with Crippen molar-refractivity contribution >= 4 is 44.1 Å². The van der Waals surface area contributed by atoms with Crippen LogP contribution in [-0.2, 0) is 9.53 Å². The third-order valence-corrected chi connectivity index (χ3v) is 7.16. The number of carbonyl (C=O) groups is 2. The molecule has 3 rings (SSSR count). The number of nitrogens with one attached hydrogen (secondary N) is 1. The molecular weight excluding hydrogens is 558 g/mol. The van der Waals surface area contributed by atoms with E-state index in [-0.39, 0.29) is 18.9 Å². The third kappa shape index (κ3) is 7.26. The fourth-order valence-electron chi connectivity index (χ4n) is 3.67. The molecule has 0 spiro atoms. The Balaban J connectivity index is 1.68. The highest BCUT2D eigenvalue weighted by Gasteiger charge is 2.23. The van der Waals surface area contributed by atoms with E-state index in [0.29, 0.717) is 46.6 Å². The molecule has 1 heterocycles. The summed E-state index contributed by atoms with van der Waals surface area (Å²) in [6.07, 6.45) is 0.764. The van der Waals surface area contributed by atoms with Crippen LogP contribution in [0, 0.1) is 0 Å². The first-order valence-electron chi connectivity index (χ1n) is 12.0. The van der Waals surface area contributed by atoms with Gasteiger partial charge in [-0.1, -0.05) is 26.0 Å². The monoisotopic (exact) mass is 589 g/mol. The Morgan fingerprint density at radius 2 is 1.76 bits per heavy atom. The van der Waals surface area contributed by atoms with Gasteiger partial charge in [-0.25, -0.2) is 4.79 Å². The lowest BCUT2D eigenvalue weighted by atomic mass is 10.0. The number of esters is 1. The van der Waals surface area contributed by atoms with Crippen LogP contribution in [-0.4, -0.2) is 39.3 Å². The number of ether oxygens (including phenoxy) is 4. The Morgan fingerprint density at radius 3 is 2.41 bits per heavy atom. The second kappa shape index (κ2) is 13.5. The molecule has 0 saturated heterocycles. The molecule has 3 aromatic rings. The number of hydrogen-bond donors (Lipinski definition) is 1. The normalized spacial score (nSPS) is 10.8. The van der Waals surface area contributed by atoms with Crippen molar-refractivity contribution in [3.63, 3.8) is 0 Å². The number of amides is 1. The van der Waals surface area contributed by atoms with Gasteiger partial charge in [0.05, 0.1) is 31.9 Å². The quantitative estimate of drug-likeness (QED) is 0.176. The Morgan fingerprint density at radius 1 is 1.03 bits per heavy atom. The molecule has 1 amide bonds. The van der Waals surface area contributed by atoms with Gasteiger partial charge in [-0.3, -0.25) is 4.79 Å². The van der Waals surface area contributed by atoms with E-state index in [4.69, 9.17) is 18.9 Å². The Kier molecular flexibility index (Phi) is 10.4. The first-order chi connectivity index (χ1) is 17.8. The first kappa shape index (κ1) is 28.5. The van der Waals surface area contributed by atoms with Crippen LogP contribution in [0.3, 0.4) is 0 Å². The van der Waals surface area contributed by atoms with Gasteiger partial charge in [0.25, 0.3) is 0 Å². The minimum absolute atomic E-state index is 0.205. The van der Waals surface area contributed by atoms with Crippen molar-refractivity contribution in [2.75, 3.05) is 32.8 Å². The number of hydrogen-bond acceptors (Lipinski definition) is 7. The average molecular weight is 591 g/mol. The number of thiophene rings is 1. The summed E-state index contributed by atoms with van der Waals surface area (Å²) in [6.45, 7) is 6.63. The van der Waals surface area contributed by atoms with Crippen LogP contribution < -0.4 is 19.5 Å². The lowest BCUT2D eigenvalue weighted by Gasteiger charge is -2.12. The van der Waals surface area contributed by atoms with E-state index in [0.717, 1.165) is 15.8 Å². The van der Waals surface area contributed by atoms with Gasteiger partial charge in [0, 0.05) is 17.4 Å². The summed E-state index contributed by atoms with van der Waals surface area (Å²) in [5.41, 5.74) is 2.94. The average Bonchev–Trinajstić information content (AvgIpc) is 3.30. The second-order valence-electron chi connectivity index (χ2n) is 8.49. The van der Waals surface area contributed by atoms with Crippen molar-refractivity contribution in [1.82, 2.24) is 0 Å². The van der Waals surface area contributed by atoms with Crippen molar-refractivity contribution in [2.24, 2.45) is 0 Å². The van der Waals surface area contributed by atoms with Crippen molar-refractivity contribution in [3.8, 4) is 28.4 Å². The highest BCUT2D eigenvalue weighted by atomic mass is 79.9. The van der Waals surface area contributed by atoms with Crippen LogP contribution in [0.4, 0.5) is 5.00 Å². The predicted molar refractivity (Wildman–Crippen MR) is 150 cm³/mol. The highest BCUT2D eigenvalue weighted by Crippen LogP contribution is 2.39. The molecule has 0 fully saturated rings. The van der Waals surface area contributed by atoms with Crippen molar-refractivity contribution in [3.05, 3.63) is 57.4 Å². The zero-order valence-electron chi connectivity index (χ0n) is 21.7. The standard InChI is InChI=1S/C28H32BrNO6S/c1-6-35-28(32)26-20(19-10-12-23(33-4)24(15-19)34-5)16-37-27(26)30-25(31)8-7-13-36-22-11-9-18(17(2)3)14-21(22)29/h9-12,14-17H,6-8,13H2,1-5H3,(H,30,31). The van der Waals surface area contributed by atoms with Gasteiger partial charge < -0.3 is 24.3 Å². The molecule has 1 N–H and O–H groups in total. The molecule has 0 aliphatic rings. The van der Waals surface area contributed by atoms with Gasteiger partial charge in [-0.15, -0.1) is 11.3 Å². The van der Waals surface area contributed by atoms with Crippen molar-refractivity contribution in [2.45, 2.75) is 39.5 Å². The summed E-state index contributed by atoms with van der Waals surface area (Å²) in [5.74, 6) is 1.59. The Bertz CT molecular complexity index is 1240. The number of anilines is 1. The Labute approximate surface area is 230 Å². The second-order valence-corrected chi connectivity index (χ2v) is 10.2. The Hall–Kier alpha value is -3.04. The highest BCUT2D eigenvalue weighted by molar-refractivity contribution is 9.10. The van der Waals surface area contributed by atoms with Gasteiger partial charge in [0.15, 0.2) is 11.5 Å². The summed E-state index contributed by atoms with van der Waals surface area (Å²) in [6, 6.07) is 11.4. The van der Waals surface area contributed by atoms with Crippen LogP contribution in [0.15, 0.2) is 46.3 Å². The lowest BCUT2D eigenvalue weighted by molar-refractivity contribution is -0.116. The van der Waals surface area contributed by atoms with Crippen LogP contribution in [0.5, 0.6) is 17.2 Å². The zero-order chi connectivity index (χ0) is 26.9. The topological polar surface area (TPSA) is 83.1 Å². The number of halogens is 1. The molecule has 9 heteroatoms. The van der Waals surface area contributed by atoms with Gasteiger partial charge in [0.1, 0.15) is 16.3 Å². The molecule has 7 nitrogen and oxygen atoms in total. The van der Waals surface area contributed by atoms with Gasteiger partial charge in [0.2, 0.25) is 5.91 Å². The van der Waals surface area contributed by atoms with E-state index >= 15 is 0 Å². The molecule has 37 heavy (non-hydrogen) atoms. The SMILES string of the molecule is CCOC(=O)c1c(-c2ccc(OC)c(OC)c2)csc1NC(=O)CCCOc1ccc(C(C)C)cc1Br. The largest absolute Gasteiger partial charge is 0.493 e. The van der Waals surface area contributed by atoms with Gasteiger partial charge >= 0.3 is 5.97 Å². The van der Waals surface area contributed by atoms with E-state index in [9.17, 15) is 9.59 Å². The van der Waals surface area contributed by atoms with E-state index < -0.39 is 5.97 Å². The summed E-state index contributed by atoms with van der Waals surface area (Å²) in [5, 5.41) is 5.15. The summed E-state index contributed by atoms with van der Waals surface area (Å²) < 4.78 is 22.7. The van der Waals surface area contributed by atoms with Gasteiger partial charge in [-0.05, 0) is 70.6 Å².